The van der Waals surface area contributed by atoms with Crippen LogP contribution in [0.3, 0.4) is 0 Å². The predicted molar refractivity (Wildman–Crippen MR) is 111 cm³/mol. The van der Waals surface area contributed by atoms with Crippen molar-refractivity contribution in [3.05, 3.63) is 48.5 Å². The van der Waals surface area contributed by atoms with Gasteiger partial charge in [-0.2, -0.15) is 0 Å². The van der Waals surface area contributed by atoms with E-state index in [9.17, 15) is 15.0 Å². The molecule has 2 aromatic heterocycles. The maximum absolute atomic E-state index is 12.5. The quantitative estimate of drug-likeness (QED) is 0.537. The van der Waals surface area contributed by atoms with Crippen molar-refractivity contribution in [2.75, 3.05) is 19.0 Å². The third-order valence-electron chi connectivity index (χ3n) is 5.83. The number of carbonyl (C=O) groups excluding carboxylic acids is 1. The summed E-state index contributed by atoms with van der Waals surface area (Å²) < 4.78 is 13.3. The minimum absolute atomic E-state index is 0.180. The third kappa shape index (κ3) is 3.47. The first-order chi connectivity index (χ1) is 14.9. The monoisotopic (exact) mass is 427 g/mol. The summed E-state index contributed by atoms with van der Waals surface area (Å²) in [6.45, 7) is 3.35. The Bertz CT molecular complexity index is 1070. The molecule has 3 aromatic rings. The molecule has 1 aliphatic heterocycles. The van der Waals surface area contributed by atoms with Crippen LogP contribution in [0.1, 0.15) is 30.4 Å². The van der Waals surface area contributed by atoms with Crippen LogP contribution >= 0.6 is 0 Å². The van der Waals surface area contributed by atoms with E-state index < -0.39 is 24.0 Å². The standard InChI is InChI=1S/C21H25N5O5/c1-12(2)21(9-27)16(28)15(30-3)20(31-21)26-11-24-14-17(22-10-23-18(14)26)25-19(29)13-7-5-4-6-8-13/h4-8,10-12,15-16,20,27-28H,9H2,1-3H3,(H,22,23,25,29)/t15-,16+,20?,21+/m1/s1. The number of amides is 1. The van der Waals surface area contributed by atoms with Crippen molar-refractivity contribution in [2.24, 2.45) is 5.92 Å². The maximum atomic E-state index is 12.5. The fraction of sp³-hybridized carbons (Fsp3) is 0.429. The summed E-state index contributed by atoms with van der Waals surface area (Å²) >= 11 is 0. The van der Waals surface area contributed by atoms with Crippen molar-refractivity contribution in [1.29, 1.82) is 0 Å². The Hall–Kier alpha value is -2.92. The number of fused-ring (bicyclic) bond motifs is 1. The van der Waals surface area contributed by atoms with Gasteiger partial charge in [-0.15, -0.1) is 0 Å². The van der Waals surface area contributed by atoms with Gasteiger partial charge in [0.05, 0.1) is 12.9 Å². The molecule has 3 N–H and O–H groups in total. The first-order valence-corrected chi connectivity index (χ1v) is 9.96. The number of imidazole rings is 1. The van der Waals surface area contributed by atoms with Gasteiger partial charge in [0.2, 0.25) is 0 Å². The number of rotatable bonds is 6. The average molecular weight is 427 g/mol. The number of aromatic nitrogens is 4. The highest BCUT2D eigenvalue weighted by molar-refractivity contribution is 6.06. The fourth-order valence-electron chi connectivity index (χ4n) is 3.95. The van der Waals surface area contributed by atoms with Crippen LogP contribution in [-0.2, 0) is 9.47 Å². The Morgan fingerprint density at radius 2 is 2.03 bits per heavy atom. The second kappa shape index (κ2) is 8.31. The highest BCUT2D eigenvalue weighted by atomic mass is 16.6. The van der Waals surface area contributed by atoms with Crippen molar-refractivity contribution >= 4 is 22.9 Å². The van der Waals surface area contributed by atoms with Crippen molar-refractivity contribution in [2.45, 2.75) is 37.9 Å². The molecule has 1 saturated heterocycles. The molecule has 4 rings (SSSR count). The number of methoxy groups -OCH3 is 1. The molecule has 31 heavy (non-hydrogen) atoms. The normalized spacial score (nSPS) is 25.9. The van der Waals surface area contributed by atoms with Crippen LogP contribution in [0.4, 0.5) is 5.82 Å². The van der Waals surface area contributed by atoms with Gasteiger partial charge in [0.15, 0.2) is 23.2 Å². The van der Waals surface area contributed by atoms with Crippen molar-refractivity contribution in [3.8, 4) is 0 Å². The molecule has 4 atom stereocenters. The van der Waals surface area contributed by atoms with E-state index >= 15 is 0 Å². The third-order valence-corrected chi connectivity index (χ3v) is 5.83. The van der Waals surface area contributed by atoms with E-state index in [0.29, 0.717) is 16.7 Å². The Kier molecular flexibility index (Phi) is 5.71. The highest BCUT2D eigenvalue weighted by Crippen LogP contribution is 2.43. The van der Waals surface area contributed by atoms with E-state index in [1.54, 1.807) is 28.8 Å². The van der Waals surface area contributed by atoms with Gasteiger partial charge < -0.3 is 25.0 Å². The number of carbonyl (C=O) groups is 1. The van der Waals surface area contributed by atoms with Crippen LogP contribution in [-0.4, -0.2) is 67.2 Å². The number of hydrogen-bond acceptors (Lipinski definition) is 8. The Morgan fingerprint density at radius 1 is 1.29 bits per heavy atom. The summed E-state index contributed by atoms with van der Waals surface area (Å²) in [7, 11) is 1.47. The van der Waals surface area contributed by atoms with Gasteiger partial charge in [0, 0.05) is 12.7 Å². The van der Waals surface area contributed by atoms with E-state index in [4.69, 9.17) is 9.47 Å². The molecule has 1 amide bonds. The second-order valence-corrected chi connectivity index (χ2v) is 7.79. The molecular formula is C21H25N5O5. The van der Waals surface area contributed by atoms with Crippen LogP contribution in [0, 0.1) is 5.92 Å². The van der Waals surface area contributed by atoms with Gasteiger partial charge in [-0.1, -0.05) is 32.0 Å². The van der Waals surface area contributed by atoms with Crippen LogP contribution in [0.25, 0.3) is 11.2 Å². The largest absolute Gasteiger partial charge is 0.393 e. The van der Waals surface area contributed by atoms with Gasteiger partial charge in [-0.3, -0.25) is 9.36 Å². The number of aliphatic hydroxyl groups is 2. The minimum Gasteiger partial charge on any atom is -0.393 e. The Labute approximate surface area is 178 Å². The fourth-order valence-corrected chi connectivity index (χ4v) is 3.95. The SMILES string of the molecule is CO[C@H]1C(n2cnc3c(NC(=O)c4ccccc4)ncnc32)O[C@@](CO)(C(C)C)[C@H]1O. The van der Waals surface area contributed by atoms with E-state index in [1.807, 2.05) is 19.9 Å². The van der Waals surface area contributed by atoms with Crippen LogP contribution in [0.2, 0.25) is 0 Å². The summed E-state index contributed by atoms with van der Waals surface area (Å²) in [6.07, 6.45) is 0.200. The summed E-state index contributed by atoms with van der Waals surface area (Å²) in [4.78, 5) is 25.4. The van der Waals surface area contributed by atoms with Crippen LogP contribution in [0.5, 0.6) is 0 Å². The lowest BCUT2D eigenvalue weighted by atomic mass is 9.85. The lowest BCUT2D eigenvalue weighted by Crippen LogP contribution is -2.50. The molecule has 0 spiro atoms. The molecule has 0 aliphatic carbocycles. The zero-order valence-corrected chi connectivity index (χ0v) is 17.5. The number of anilines is 1. The maximum Gasteiger partial charge on any atom is 0.256 e. The minimum atomic E-state index is -1.20. The van der Waals surface area contributed by atoms with Crippen LogP contribution < -0.4 is 5.32 Å². The molecule has 10 heteroatoms. The number of nitrogens with one attached hydrogen (secondary N) is 1. The second-order valence-electron chi connectivity index (χ2n) is 7.79. The molecule has 0 bridgehead atoms. The molecule has 164 valence electrons. The summed E-state index contributed by atoms with van der Waals surface area (Å²) in [6, 6.07) is 8.77. The molecule has 1 fully saturated rings. The van der Waals surface area contributed by atoms with E-state index in [1.165, 1.54) is 19.8 Å². The van der Waals surface area contributed by atoms with Gasteiger partial charge in [-0.25, -0.2) is 15.0 Å². The van der Waals surface area contributed by atoms with Crippen molar-refractivity contribution < 1.29 is 24.5 Å². The molecule has 1 aromatic carbocycles. The van der Waals surface area contributed by atoms with Gasteiger partial charge >= 0.3 is 0 Å². The number of ether oxygens (including phenoxy) is 2. The Morgan fingerprint density at radius 3 is 2.68 bits per heavy atom. The molecule has 3 heterocycles. The molecule has 0 saturated carbocycles. The van der Waals surface area contributed by atoms with E-state index in [0.717, 1.165) is 0 Å². The van der Waals surface area contributed by atoms with Gasteiger partial charge in [0.25, 0.3) is 5.91 Å². The van der Waals surface area contributed by atoms with E-state index in [-0.39, 0.29) is 24.2 Å². The summed E-state index contributed by atoms with van der Waals surface area (Å²) in [5, 5.41) is 23.6. The molecule has 10 nitrogen and oxygen atoms in total. The van der Waals surface area contributed by atoms with E-state index in [2.05, 4.69) is 20.3 Å². The average Bonchev–Trinajstić information content (AvgIpc) is 3.33. The van der Waals surface area contributed by atoms with Crippen LogP contribution in [0.15, 0.2) is 43.0 Å². The smallest absolute Gasteiger partial charge is 0.256 e. The van der Waals surface area contributed by atoms with Crippen molar-refractivity contribution in [3.63, 3.8) is 0 Å². The number of benzene rings is 1. The lowest BCUT2D eigenvalue weighted by molar-refractivity contribution is -0.152. The van der Waals surface area contributed by atoms with Gasteiger partial charge in [0.1, 0.15) is 24.1 Å². The molecular weight excluding hydrogens is 402 g/mol. The number of aliphatic hydroxyl groups excluding tert-OH is 2. The highest BCUT2D eigenvalue weighted by Gasteiger charge is 2.57. The molecule has 1 unspecified atom stereocenters. The zero-order chi connectivity index (χ0) is 22.2. The first kappa shape index (κ1) is 21.3. The predicted octanol–water partition coefficient (Wildman–Crippen LogP) is 1.37. The molecule has 0 radical (unpaired) electrons. The Balaban J connectivity index is 1.70. The summed E-state index contributed by atoms with van der Waals surface area (Å²) in [5.41, 5.74) is 0.0557. The number of hydrogen-bond donors (Lipinski definition) is 3. The zero-order valence-electron chi connectivity index (χ0n) is 17.5. The van der Waals surface area contributed by atoms with Gasteiger partial charge in [-0.05, 0) is 18.1 Å². The first-order valence-electron chi connectivity index (χ1n) is 9.96. The lowest BCUT2D eigenvalue weighted by Gasteiger charge is -2.34. The molecule has 1 aliphatic rings. The summed E-state index contributed by atoms with van der Waals surface area (Å²) in [5.74, 6) is -0.251. The topological polar surface area (TPSA) is 132 Å². The number of nitrogens with zero attached hydrogens (tertiary/aromatic N) is 4. The van der Waals surface area contributed by atoms with Crippen molar-refractivity contribution in [1.82, 2.24) is 19.5 Å².